The van der Waals surface area contributed by atoms with E-state index in [1.165, 1.54) is 49.7 Å². The van der Waals surface area contributed by atoms with Crippen molar-refractivity contribution in [3.63, 3.8) is 0 Å². The van der Waals surface area contributed by atoms with Crippen molar-refractivity contribution in [1.82, 2.24) is 19.6 Å². The highest BCUT2D eigenvalue weighted by Gasteiger charge is 2.50. The van der Waals surface area contributed by atoms with E-state index in [-0.39, 0.29) is 18.1 Å². The third-order valence-corrected chi connectivity index (χ3v) is 17.0. The van der Waals surface area contributed by atoms with Crippen molar-refractivity contribution in [2.45, 2.75) is 139 Å². The van der Waals surface area contributed by atoms with E-state index in [4.69, 9.17) is 23.9 Å². The fourth-order valence-corrected chi connectivity index (χ4v) is 12.8. The molecule has 0 bridgehead atoms. The van der Waals surface area contributed by atoms with Crippen molar-refractivity contribution in [2.75, 3.05) is 49.7 Å². The Morgan fingerprint density at radius 1 is 0.971 bits per heavy atom. The monoisotopic (exact) mass is 940 g/mol. The van der Waals surface area contributed by atoms with Gasteiger partial charge in [0.2, 0.25) is 0 Å². The van der Waals surface area contributed by atoms with E-state index in [1.54, 1.807) is 5.56 Å². The van der Waals surface area contributed by atoms with Crippen molar-refractivity contribution in [3.05, 3.63) is 95.2 Å². The molecule has 5 fully saturated rings. The fraction of sp³-hybridized carbons (Fsp3) is 0.527. The van der Waals surface area contributed by atoms with Gasteiger partial charge in [-0.15, -0.1) is 0 Å². The zero-order chi connectivity index (χ0) is 46.6. The first-order valence-corrected chi connectivity index (χ1v) is 26.2. The summed E-state index contributed by atoms with van der Waals surface area (Å²) in [4.78, 5) is 28.6. The second-order valence-electron chi connectivity index (χ2n) is 21.2. The molecule has 0 unspecified atom stereocenters. The van der Waals surface area contributed by atoms with Crippen LogP contribution in [0.5, 0.6) is 23.1 Å². The van der Waals surface area contributed by atoms with E-state index in [9.17, 15) is 9.90 Å². The van der Waals surface area contributed by atoms with Crippen LogP contribution < -0.4 is 29.1 Å². The number of aromatic amines is 1. The van der Waals surface area contributed by atoms with Crippen LogP contribution in [-0.2, 0) is 11.2 Å². The number of likely N-dealkylation sites (tertiary alicyclic amines) is 1. The van der Waals surface area contributed by atoms with Gasteiger partial charge < -0.3 is 39.3 Å². The maximum atomic E-state index is 14.4. The van der Waals surface area contributed by atoms with Crippen LogP contribution in [0.2, 0.25) is 0 Å². The molecular weight excluding hydrogens is 873 g/mol. The van der Waals surface area contributed by atoms with Crippen LogP contribution in [-0.4, -0.2) is 89.1 Å². The van der Waals surface area contributed by atoms with E-state index in [1.807, 2.05) is 43.5 Å². The van der Waals surface area contributed by atoms with E-state index >= 15 is 0 Å². The summed E-state index contributed by atoms with van der Waals surface area (Å²) < 4.78 is 28.1. The molecule has 13 heteroatoms. The second kappa shape index (κ2) is 18.8. The lowest BCUT2D eigenvalue weighted by Crippen LogP contribution is -2.54. The lowest BCUT2D eigenvalue weighted by Gasteiger charge is -2.56. The number of ether oxygens (including phenoxy) is 4. The van der Waals surface area contributed by atoms with Gasteiger partial charge in [0.25, 0.3) is 11.8 Å². The molecule has 12 nitrogen and oxygen atoms in total. The quantitative estimate of drug-likeness (QED) is 0.0841. The maximum Gasteiger partial charge on any atom is 0.265 e. The number of piperidine rings is 1. The van der Waals surface area contributed by atoms with Gasteiger partial charge in [-0.1, -0.05) is 45.0 Å². The Kier molecular flexibility index (Phi) is 12.5. The normalized spacial score (nSPS) is 25.1. The number of hydrogen-bond acceptors (Lipinski definition) is 11. The smallest absolute Gasteiger partial charge is 0.265 e. The van der Waals surface area contributed by atoms with Gasteiger partial charge in [-0.25, -0.2) is 0 Å². The van der Waals surface area contributed by atoms with E-state index in [2.05, 4.69) is 82.0 Å². The average molecular weight is 941 g/mol. The van der Waals surface area contributed by atoms with Crippen LogP contribution in [0.4, 0.5) is 11.4 Å². The number of nitrogens with zero attached hydrogens (tertiary/aromatic N) is 3. The first-order chi connectivity index (χ1) is 33.0. The van der Waals surface area contributed by atoms with Crippen LogP contribution in [0, 0.1) is 11.3 Å². The van der Waals surface area contributed by atoms with Gasteiger partial charge >= 0.3 is 0 Å². The third-order valence-electron chi connectivity index (χ3n) is 16.3. The molecule has 3 saturated heterocycles. The van der Waals surface area contributed by atoms with Gasteiger partial charge in [-0.05, 0) is 166 Å². The van der Waals surface area contributed by atoms with E-state index < -0.39 is 5.60 Å². The maximum absolute atomic E-state index is 14.4. The summed E-state index contributed by atoms with van der Waals surface area (Å²) in [6.45, 7) is 13.4. The summed E-state index contributed by atoms with van der Waals surface area (Å²) in [6, 6.07) is 24.6. The molecule has 0 radical (unpaired) electrons. The number of rotatable bonds is 13. The standard InChI is InChI=1S/C55H68N6O6S/c1-5-35-25-41(28-48-50(35)57-45(33-65-48)36-14-17-54(4,63)18-15-36)68-59-52(62)44-13-12-38(27-47(44)67-49-26-37-16-21-56-51(37)58-53(49)66-40-31-64-32-40)60-23-19-55(20-24-60)29-39(30-55)61-22-8-11-46(61)43-10-7-6-9-42(43)34(2)3/h6-7,9-10,12-13,16,21,25-28,34,36,39-40,45-46,57,63H,5,8,11,14-15,17-20,22-24,29-33H2,1-4H3,(H,56,58)(H,59,62)/t36?,45-,46+,54?/m1/s1. The fourth-order valence-electron chi connectivity index (χ4n) is 12.1. The molecule has 11 rings (SSSR count). The Labute approximate surface area is 405 Å². The largest absolute Gasteiger partial charge is 0.489 e. The molecule has 3 aromatic carbocycles. The van der Waals surface area contributed by atoms with Crippen LogP contribution in [0.15, 0.2) is 77.8 Å². The molecule has 5 aromatic rings. The number of pyridine rings is 1. The van der Waals surface area contributed by atoms with Gasteiger partial charge in [-0.3, -0.25) is 14.4 Å². The molecule has 2 saturated carbocycles. The molecule has 2 atom stereocenters. The zero-order valence-electron chi connectivity index (χ0n) is 40.2. The number of aliphatic hydroxyl groups is 1. The molecule has 360 valence electrons. The van der Waals surface area contributed by atoms with Gasteiger partial charge in [0.15, 0.2) is 5.75 Å². The Bertz CT molecular complexity index is 2600. The van der Waals surface area contributed by atoms with Gasteiger partial charge in [0, 0.05) is 53.4 Å². The SMILES string of the molecule is CCc1cc(SNC(=O)c2ccc(N3CCC4(CC3)CC(N3CCC[C@H]3c3ccccc3C(C)C)C4)cc2Oc2cc3cc[nH]c3nc2OC2COC2)cc2c1N[C@@H](C1CCC(C)(O)CC1)CO2. The molecule has 2 aliphatic carbocycles. The average Bonchev–Trinajstić information content (AvgIpc) is 4.00. The number of amides is 1. The number of anilines is 2. The molecule has 4 aliphatic heterocycles. The lowest BCUT2D eigenvalue weighted by molar-refractivity contribution is -0.0818. The number of H-pyrrole nitrogens is 1. The predicted molar refractivity (Wildman–Crippen MR) is 269 cm³/mol. The third kappa shape index (κ3) is 9.16. The Morgan fingerprint density at radius 3 is 2.54 bits per heavy atom. The highest BCUT2D eigenvalue weighted by Crippen LogP contribution is 2.54. The van der Waals surface area contributed by atoms with Gasteiger partial charge in [0.1, 0.15) is 29.9 Å². The van der Waals surface area contributed by atoms with Crippen molar-refractivity contribution in [3.8, 4) is 23.1 Å². The number of hydrogen-bond donors (Lipinski definition) is 4. The number of aryl methyl sites for hydroxylation is 1. The lowest BCUT2D eigenvalue weighted by atomic mass is 9.59. The molecule has 1 spiro atoms. The number of fused-ring (bicyclic) bond motifs is 2. The molecule has 2 aromatic heterocycles. The van der Waals surface area contributed by atoms with Crippen LogP contribution in [0.1, 0.15) is 131 Å². The number of benzene rings is 3. The number of carbonyl (C=O) groups is 1. The molecule has 6 aliphatic rings. The minimum Gasteiger partial charge on any atom is -0.489 e. The minimum atomic E-state index is -0.572. The summed E-state index contributed by atoms with van der Waals surface area (Å²) >= 11 is 1.29. The van der Waals surface area contributed by atoms with Crippen molar-refractivity contribution >= 4 is 40.3 Å². The molecular formula is C55H68N6O6S. The van der Waals surface area contributed by atoms with Gasteiger partial charge in [-0.2, -0.15) is 4.98 Å². The summed E-state index contributed by atoms with van der Waals surface area (Å²) in [6.07, 6.45) is 13.5. The highest BCUT2D eigenvalue weighted by atomic mass is 32.2. The first-order valence-electron chi connectivity index (χ1n) is 25.4. The number of nitrogens with one attached hydrogen (secondary N) is 3. The summed E-state index contributed by atoms with van der Waals surface area (Å²) in [5.74, 6) is 2.77. The molecule has 1 amide bonds. The molecule has 6 heterocycles. The summed E-state index contributed by atoms with van der Waals surface area (Å²) in [5, 5.41) is 15.2. The number of aromatic nitrogens is 2. The Hall–Kier alpha value is -4.95. The zero-order valence-corrected chi connectivity index (χ0v) is 41.0. The topological polar surface area (TPSA) is 133 Å². The second-order valence-corrected chi connectivity index (χ2v) is 22.1. The summed E-state index contributed by atoms with van der Waals surface area (Å²) in [5.41, 5.74) is 7.19. The molecule has 4 N–H and O–H groups in total. The first kappa shape index (κ1) is 45.5. The highest BCUT2D eigenvalue weighted by molar-refractivity contribution is 7.98. The molecule has 68 heavy (non-hydrogen) atoms. The Balaban J connectivity index is 0.803. The van der Waals surface area contributed by atoms with Crippen molar-refractivity contribution in [1.29, 1.82) is 0 Å². The van der Waals surface area contributed by atoms with Crippen LogP contribution in [0.25, 0.3) is 11.0 Å². The van der Waals surface area contributed by atoms with Crippen molar-refractivity contribution < 1.29 is 28.8 Å². The van der Waals surface area contributed by atoms with Crippen LogP contribution in [0.3, 0.4) is 0 Å². The van der Waals surface area contributed by atoms with E-state index in [0.717, 1.165) is 91.0 Å². The Morgan fingerprint density at radius 2 is 1.78 bits per heavy atom. The van der Waals surface area contributed by atoms with Gasteiger partial charge in [0.05, 0.1) is 36.1 Å². The van der Waals surface area contributed by atoms with Crippen LogP contribution >= 0.6 is 11.9 Å². The summed E-state index contributed by atoms with van der Waals surface area (Å²) in [7, 11) is 0. The van der Waals surface area contributed by atoms with E-state index in [0.29, 0.717) is 77.7 Å². The minimum absolute atomic E-state index is 0.124. The van der Waals surface area contributed by atoms with Crippen molar-refractivity contribution in [2.24, 2.45) is 11.3 Å². The predicted octanol–water partition coefficient (Wildman–Crippen LogP) is 11.0. The number of carbonyl (C=O) groups excluding carboxylic acids is 1.